The molecule has 2 aliphatic rings. The van der Waals surface area contributed by atoms with E-state index in [0.29, 0.717) is 31.6 Å². The zero-order chi connectivity index (χ0) is 23.0. The highest BCUT2D eigenvalue weighted by Crippen LogP contribution is 2.28. The summed E-state index contributed by atoms with van der Waals surface area (Å²) >= 11 is 0. The van der Waals surface area contributed by atoms with Crippen LogP contribution >= 0.6 is 0 Å². The van der Waals surface area contributed by atoms with Crippen LogP contribution in [0.15, 0.2) is 48.5 Å². The minimum atomic E-state index is -0.0113. The van der Waals surface area contributed by atoms with Crippen LogP contribution in [0.25, 0.3) is 0 Å². The van der Waals surface area contributed by atoms with Gasteiger partial charge in [-0.15, -0.1) is 0 Å². The van der Waals surface area contributed by atoms with Crippen LogP contribution in [0.5, 0.6) is 11.5 Å². The number of fused-ring (bicyclic) bond motifs is 1. The van der Waals surface area contributed by atoms with Gasteiger partial charge in [-0.2, -0.15) is 0 Å². The number of amides is 1. The third-order valence-electron chi connectivity index (χ3n) is 6.58. The summed E-state index contributed by atoms with van der Waals surface area (Å²) in [5.74, 6) is 2.84. The first-order valence-electron chi connectivity index (χ1n) is 12.5. The predicted molar refractivity (Wildman–Crippen MR) is 132 cm³/mol. The Morgan fingerprint density at radius 2 is 1.85 bits per heavy atom. The fraction of sp³-hybridized carbons (Fsp3) is 0.536. The minimum Gasteiger partial charge on any atom is -0.493 e. The van der Waals surface area contributed by atoms with Gasteiger partial charge in [-0.1, -0.05) is 38.1 Å². The molecule has 0 saturated carbocycles. The highest BCUT2D eigenvalue weighted by molar-refractivity contribution is 5.79. The first kappa shape index (κ1) is 23.6. The molecule has 0 spiro atoms. The molecule has 1 N–H and O–H groups in total. The number of ether oxygens (including phenoxy) is 2. The topological polar surface area (TPSA) is 50.8 Å². The molecule has 0 bridgehead atoms. The van der Waals surface area contributed by atoms with E-state index in [0.717, 1.165) is 44.0 Å². The Balaban J connectivity index is 1.28. The van der Waals surface area contributed by atoms with Gasteiger partial charge in [0.25, 0.3) is 0 Å². The molecule has 5 nitrogen and oxygen atoms in total. The summed E-state index contributed by atoms with van der Waals surface area (Å²) in [5.41, 5.74) is 2.91. The predicted octanol–water partition coefficient (Wildman–Crippen LogP) is 4.34. The lowest BCUT2D eigenvalue weighted by atomic mass is 9.88. The largest absolute Gasteiger partial charge is 0.493 e. The van der Waals surface area contributed by atoms with Gasteiger partial charge in [0.05, 0.1) is 19.1 Å². The third kappa shape index (κ3) is 6.97. The molecule has 2 aromatic carbocycles. The fourth-order valence-electron chi connectivity index (χ4n) is 5.14. The van der Waals surface area contributed by atoms with Gasteiger partial charge in [-0.05, 0) is 67.0 Å². The molecule has 5 heteroatoms. The number of para-hydroxylation sites is 1. The van der Waals surface area contributed by atoms with Crippen LogP contribution in [0.2, 0.25) is 0 Å². The van der Waals surface area contributed by atoms with Crippen LogP contribution < -0.4 is 14.8 Å². The Hall–Kier alpha value is -2.53. The van der Waals surface area contributed by atoms with E-state index < -0.39 is 0 Å². The van der Waals surface area contributed by atoms with E-state index in [9.17, 15) is 4.79 Å². The summed E-state index contributed by atoms with van der Waals surface area (Å²) in [7, 11) is 0. The lowest BCUT2D eigenvalue weighted by Gasteiger charge is -2.38. The molecule has 0 radical (unpaired) electrons. The molecule has 1 aliphatic heterocycles. The average Bonchev–Trinajstić information content (AvgIpc) is 3.28. The number of nitrogens with one attached hydrogen (secondary N) is 1. The summed E-state index contributed by atoms with van der Waals surface area (Å²) in [4.78, 5) is 15.4. The van der Waals surface area contributed by atoms with Gasteiger partial charge in [-0.25, -0.2) is 0 Å². The van der Waals surface area contributed by atoms with Crippen LogP contribution in [0.1, 0.15) is 37.8 Å². The molecule has 178 valence electrons. The second-order valence-electron chi connectivity index (χ2n) is 9.96. The van der Waals surface area contributed by atoms with Gasteiger partial charge in [0, 0.05) is 25.6 Å². The molecule has 33 heavy (non-hydrogen) atoms. The SMILES string of the molecule is CC(C)CN1C[C@@H](COc2ccc3c(c2)CCC3)C[C@@H](C(=O)NCCOc2ccccc2)C1. The Kier molecular flexibility index (Phi) is 8.27. The van der Waals surface area contributed by atoms with Crippen molar-refractivity contribution in [2.45, 2.75) is 39.5 Å². The van der Waals surface area contributed by atoms with Crippen molar-refractivity contribution >= 4 is 5.91 Å². The smallest absolute Gasteiger partial charge is 0.224 e. The van der Waals surface area contributed by atoms with Crippen molar-refractivity contribution in [3.05, 3.63) is 59.7 Å². The van der Waals surface area contributed by atoms with Gasteiger partial charge < -0.3 is 19.7 Å². The van der Waals surface area contributed by atoms with Crippen molar-refractivity contribution in [1.82, 2.24) is 10.2 Å². The van der Waals surface area contributed by atoms with Crippen LogP contribution in [-0.2, 0) is 17.6 Å². The Labute approximate surface area is 198 Å². The maximum absolute atomic E-state index is 13.0. The average molecular weight is 451 g/mol. The second kappa shape index (κ2) is 11.6. The van der Waals surface area contributed by atoms with Gasteiger partial charge >= 0.3 is 0 Å². The number of likely N-dealkylation sites (tertiary alicyclic amines) is 1. The standard InChI is InChI=1S/C28H38N2O3/c1-21(2)17-30-18-22(20-33-27-12-11-23-7-6-8-24(23)16-27)15-25(19-30)28(31)29-13-14-32-26-9-4-3-5-10-26/h3-5,9-12,16,21-22,25H,6-8,13-15,17-20H2,1-2H3,(H,29,31)/t22-,25+/m0/s1. The van der Waals surface area contributed by atoms with E-state index in [1.165, 1.54) is 24.0 Å². The summed E-state index contributed by atoms with van der Waals surface area (Å²) in [6, 6.07) is 16.3. The first-order chi connectivity index (χ1) is 16.1. The Morgan fingerprint density at radius 3 is 2.67 bits per heavy atom. The molecule has 1 fully saturated rings. The van der Waals surface area contributed by atoms with Crippen molar-refractivity contribution in [2.24, 2.45) is 17.8 Å². The molecule has 4 rings (SSSR count). The first-order valence-corrected chi connectivity index (χ1v) is 12.5. The van der Waals surface area contributed by atoms with E-state index in [2.05, 4.69) is 42.3 Å². The van der Waals surface area contributed by atoms with E-state index in [4.69, 9.17) is 9.47 Å². The summed E-state index contributed by atoms with van der Waals surface area (Å²) in [6.45, 7) is 8.95. The molecule has 2 atom stereocenters. The Bertz CT molecular complexity index is 899. The maximum atomic E-state index is 13.0. The summed E-state index contributed by atoms with van der Waals surface area (Å²) in [6.07, 6.45) is 4.47. The van der Waals surface area contributed by atoms with Gasteiger partial charge in [-0.3, -0.25) is 4.79 Å². The quantitative estimate of drug-likeness (QED) is 0.547. The molecule has 0 unspecified atom stereocenters. The number of hydrogen-bond acceptors (Lipinski definition) is 4. The van der Waals surface area contributed by atoms with E-state index in [1.54, 1.807) is 0 Å². The van der Waals surface area contributed by atoms with Crippen LogP contribution in [0.4, 0.5) is 0 Å². The minimum absolute atomic E-state index is 0.0113. The highest BCUT2D eigenvalue weighted by atomic mass is 16.5. The normalized spacial score (nSPS) is 20.5. The zero-order valence-corrected chi connectivity index (χ0v) is 20.1. The number of aryl methyl sites for hydroxylation is 2. The fourth-order valence-corrected chi connectivity index (χ4v) is 5.14. The molecular formula is C28H38N2O3. The van der Waals surface area contributed by atoms with Crippen molar-refractivity contribution < 1.29 is 14.3 Å². The zero-order valence-electron chi connectivity index (χ0n) is 20.1. The highest BCUT2D eigenvalue weighted by Gasteiger charge is 2.32. The molecule has 1 saturated heterocycles. The molecule has 1 aliphatic carbocycles. The van der Waals surface area contributed by atoms with E-state index in [1.807, 2.05) is 30.3 Å². The Morgan fingerprint density at radius 1 is 1.03 bits per heavy atom. The van der Waals surface area contributed by atoms with Gasteiger partial charge in [0.2, 0.25) is 5.91 Å². The van der Waals surface area contributed by atoms with E-state index in [-0.39, 0.29) is 11.8 Å². The number of hydrogen-bond donors (Lipinski definition) is 1. The van der Waals surface area contributed by atoms with Crippen molar-refractivity contribution in [1.29, 1.82) is 0 Å². The lowest BCUT2D eigenvalue weighted by Crippen LogP contribution is -2.49. The number of carbonyl (C=O) groups excluding carboxylic acids is 1. The van der Waals surface area contributed by atoms with Crippen LogP contribution in [0, 0.1) is 17.8 Å². The molecule has 1 heterocycles. The van der Waals surface area contributed by atoms with Crippen LogP contribution in [0.3, 0.4) is 0 Å². The number of nitrogens with zero attached hydrogens (tertiary/aromatic N) is 1. The van der Waals surface area contributed by atoms with Crippen molar-refractivity contribution in [2.75, 3.05) is 39.4 Å². The van der Waals surface area contributed by atoms with Crippen LogP contribution in [-0.4, -0.2) is 50.2 Å². The summed E-state index contributed by atoms with van der Waals surface area (Å²) < 4.78 is 11.9. The number of piperidine rings is 1. The number of rotatable bonds is 10. The second-order valence-corrected chi connectivity index (χ2v) is 9.96. The van der Waals surface area contributed by atoms with Crippen molar-refractivity contribution in [3.8, 4) is 11.5 Å². The third-order valence-corrected chi connectivity index (χ3v) is 6.58. The molecule has 0 aromatic heterocycles. The molecule has 2 aromatic rings. The lowest BCUT2D eigenvalue weighted by molar-refractivity contribution is -0.127. The van der Waals surface area contributed by atoms with E-state index >= 15 is 0 Å². The number of carbonyl (C=O) groups is 1. The van der Waals surface area contributed by atoms with Gasteiger partial charge in [0.15, 0.2) is 0 Å². The number of benzene rings is 2. The molecular weight excluding hydrogens is 412 g/mol. The maximum Gasteiger partial charge on any atom is 0.224 e. The van der Waals surface area contributed by atoms with Gasteiger partial charge in [0.1, 0.15) is 18.1 Å². The monoisotopic (exact) mass is 450 g/mol. The molecule has 1 amide bonds. The summed E-state index contributed by atoms with van der Waals surface area (Å²) in [5, 5.41) is 3.09. The van der Waals surface area contributed by atoms with Crippen molar-refractivity contribution in [3.63, 3.8) is 0 Å².